The molecule has 108 valence electrons. The highest BCUT2D eigenvalue weighted by Crippen LogP contribution is 2.71. The molecule has 3 heteroatoms. The zero-order valence-electron chi connectivity index (χ0n) is 12.3. The topological polar surface area (TPSA) is 43.1 Å². The molecule has 0 radical (unpaired) electrons. The van der Waals surface area contributed by atoms with Crippen molar-refractivity contribution < 1.29 is 4.79 Å². The van der Waals surface area contributed by atoms with Crippen molar-refractivity contribution in [1.82, 2.24) is 0 Å². The van der Waals surface area contributed by atoms with Gasteiger partial charge in [0.05, 0.1) is 5.41 Å². The van der Waals surface area contributed by atoms with E-state index in [-0.39, 0.29) is 11.3 Å². The number of rotatable bonds is 2. The molecule has 1 aromatic carbocycles. The van der Waals surface area contributed by atoms with Gasteiger partial charge in [-0.3, -0.25) is 4.79 Å². The third-order valence-corrected chi connectivity index (χ3v) is 6.00. The van der Waals surface area contributed by atoms with Crippen molar-refractivity contribution >= 4 is 21.8 Å². The van der Waals surface area contributed by atoms with Crippen molar-refractivity contribution in [2.45, 2.75) is 57.8 Å². The largest absolute Gasteiger partial charge is 0.369 e. The number of carbonyl (C=O) groups excluding carboxylic acids is 1. The summed E-state index contributed by atoms with van der Waals surface area (Å²) in [6.07, 6.45) is 7.05. The van der Waals surface area contributed by atoms with Gasteiger partial charge in [-0.15, -0.1) is 0 Å². The van der Waals surface area contributed by atoms with Gasteiger partial charge in [-0.25, -0.2) is 0 Å². The third-order valence-electron chi connectivity index (χ3n) is 5.54. The molecular formula is C17H22BrNO. The monoisotopic (exact) mass is 335 g/mol. The normalized spacial score (nSPS) is 27.6. The summed E-state index contributed by atoms with van der Waals surface area (Å²) in [5.41, 5.74) is 9.24. The minimum atomic E-state index is -0.401. The number of halogens is 1. The van der Waals surface area contributed by atoms with E-state index in [0.717, 1.165) is 23.7 Å². The van der Waals surface area contributed by atoms with Gasteiger partial charge in [0.1, 0.15) is 0 Å². The molecule has 2 nitrogen and oxygen atoms in total. The molecule has 2 aliphatic rings. The van der Waals surface area contributed by atoms with Gasteiger partial charge in [0.25, 0.3) is 0 Å². The van der Waals surface area contributed by atoms with Crippen LogP contribution < -0.4 is 5.73 Å². The van der Waals surface area contributed by atoms with Crippen LogP contribution in [0.1, 0.15) is 55.2 Å². The van der Waals surface area contributed by atoms with Crippen LogP contribution in [0.25, 0.3) is 0 Å². The first-order chi connectivity index (χ1) is 9.43. The first-order valence-corrected chi connectivity index (χ1v) is 8.29. The quantitative estimate of drug-likeness (QED) is 0.866. The fourth-order valence-electron chi connectivity index (χ4n) is 4.70. The average Bonchev–Trinajstić information content (AvgIpc) is 2.97. The lowest BCUT2D eigenvalue weighted by molar-refractivity contribution is -0.121. The standard InChI is InChI=1S/C17H22BrNO/c1-11-8-13(18)9-12(2)14(11)17(15(19)20)10-16(17)6-4-3-5-7-16/h8-9H,3-7,10H2,1-2H3,(H2,19,20). The summed E-state index contributed by atoms with van der Waals surface area (Å²) in [5.74, 6) is -0.118. The van der Waals surface area contributed by atoms with Gasteiger partial charge in [-0.2, -0.15) is 0 Å². The molecule has 1 atom stereocenters. The molecule has 1 amide bonds. The number of carbonyl (C=O) groups is 1. The van der Waals surface area contributed by atoms with Crippen molar-refractivity contribution in [3.63, 3.8) is 0 Å². The maximum absolute atomic E-state index is 12.4. The molecular weight excluding hydrogens is 314 g/mol. The van der Waals surface area contributed by atoms with Crippen molar-refractivity contribution in [3.8, 4) is 0 Å². The van der Waals surface area contributed by atoms with E-state index in [4.69, 9.17) is 5.73 Å². The lowest BCUT2D eigenvalue weighted by atomic mass is 9.74. The van der Waals surface area contributed by atoms with E-state index in [2.05, 4.69) is 41.9 Å². The Morgan fingerprint density at radius 3 is 2.20 bits per heavy atom. The van der Waals surface area contributed by atoms with Gasteiger partial charge in [-0.1, -0.05) is 35.2 Å². The van der Waals surface area contributed by atoms with Crippen LogP contribution in [-0.4, -0.2) is 5.91 Å². The molecule has 2 aliphatic carbocycles. The zero-order valence-corrected chi connectivity index (χ0v) is 13.8. The Bertz CT molecular complexity index is 551. The second kappa shape index (κ2) is 4.59. The van der Waals surface area contributed by atoms with Crippen molar-refractivity contribution in [1.29, 1.82) is 0 Å². The Hall–Kier alpha value is -0.830. The molecule has 20 heavy (non-hydrogen) atoms. The number of amides is 1. The van der Waals surface area contributed by atoms with E-state index in [0.29, 0.717) is 0 Å². The third kappa shape index (κ3) is 1.78. The molecule has 1 unspecified atom stereocenters. The smallest absolute Gasteiger partial charge is 0.228 e. The maximum Gasteiger partial charge on any atom is 0.228 e. The van der Waals surface area contributed by atoms with E-state index < -0.39 is 5.41 Å². The second-order valence-corrected chi connectivity index (χ2v) is 7.62. The van der Waals surface area contributed by atoms with Crippen molar-refractivity contribution in [2.75, 3.05) is 0 Å². The number of hydrogen-bond acceptors (Lipinski definition) is 1. The minimum Gasteiger partial charge on any atom is -0.369 e. The van der Waals surface area contributed by atoms with E-state index in [9.17, 15) is 4.79 Å². The first-order valence-electron chi connectivity index (χ1n) is 7.50. The van der Waals surface area contributed by atoms with Crippen molar-refractivity contribution in [3.05, 3.63) is 33.3 Å². The lowest BCUT2D eigenvalue weighted by Crippen LogP contribution is -2.36. The van der Waals surface area contributed by atoms with Crippen LogP contribution in [0.4, 0.5) is 0 Å². The van der Waals surface area contributed by atoms with Crippen LogP contribution in [0.3, 0.4) is 0 Å². The molecule has 2 N–H and O–H groups in total. The Labute approximate surface area is 129 Å². The molecule has 0 aliphatic heterocycles. The predicted octanol–water partition coefficient (Wildman–Crippen LogP) is 4.14. The molecule has 1 aromatic rings. The summed E-state index contributed by atoms with van der Waals surface area (Å²) in [6.45, 7) is 4.21. The highest BCUT2D eigenvalue weighted by Gasteiger charge is 2.71. The van der Waals surface area contributed by atoms with E-state index in [1.165, 1.54) is 36.0 Å². The van der Waals surface area contributed by atoms with Gasteiger partial charge in [0, 0.05) is 4.47 Å². The fourth-order valence-corrected chi connectivity index (χ4v) is 5.39. The summed E-state index contributed by atoms with van der Waals surface area (Å²) >= 11 is 3.54. The summed E-state index contributed by atoms with van der Waals surface area (Å²) in [4.78, 5) is 12.4. The van der Waals surface area contributed by atoms with Gasteiger partial charge in [-0.05, 0) is 67.3 Å². The molecule has 0 bridgehead atoms. The minimum absolute atomic E-state index is 0.118. The predicted molar refractivity (Wildman–Crippen MR) is 84.6 cm³/mol. The van der Waals surface area contributed by atoms with Gasteiger partial charge < -0.3 is 5.73 Å². The van der Waals surface area contributed by atoms with Crippen LogP contribution in [-0.2, 0) is 10.2 Å². The Balaban J connectivity index is 2.13. The van der Waals surface area contributed by atoms with E-state index >= 15 is 0 Å². The molecule has 0 heterocycles. The first kappa shape index (κ1) is 14.1. The highest BCUT2D eigenvalue weighted by atomic mass is 79.9. The van der Waals surface area contributed by atoms with Gasteiger partial charge >= 0.3 is 0 Å². The number of hydrogen-bond donors (Lipinski definition) is 1. The van der Waals surface area contributed by atoms with Crippen LogP contribution in [0.5, 0.6) is 0 Å². The lowest BCUT2D eigenvalue weighted by Gasteiger charge is -2.30. The Morgan fingerprint density at radius 2 is 1.70 bits per heavy atom. The summed E-state index contributed by atoms with van der Waals surface area (Å²) in [6, 6.07) is 4.23. The Morgan fingerprint density at radius 1 is 1.15 bits per heavy atom. The van der Waals surface area contributed by atoms with Crippen LogP contribution in [0, 0.1) is 19.3 Å². The molecule has 2 saturated carbocycles. The molecule has 1 spiro atoms. The highest BCUT2D eigenvalue weighted by molar-refractivity contribution is 9.10. The second-order valence-electron chi connectivity index (χ2n) is 6.70. The van der Waals surface area contributed by atoms with E-state index in [1.807, 2.05) is 0 Å². The average molecular weight is 336 g/mol. The molecule has 2 fully saturated rings. The van der Waals surface area contributed by atoms with E-state index in [1.54, 1.807) is 0 Å². The van der Waals surface area contributed by atoms with Crippen LogP contribution in [0.15, 0.2) is 16.6 Å². The summed E-state index contributed by atoms with van der Waals surface area (Å²) in [7, 11) is 0. The Kier molecular flexibility index (Phi) is 3.24. The SMILES string of the molecule is Cc1cc(Br)cc(C)c1C1(C(N)=O)CC12CCCCC2. The molecule has 3 rings (SSSR count). The van der Waals surface area contributed by atoms with Crippen molar-refractivity contribution in [2.24, 2.45) is 11.1 Å². The molecule has 0 saturated heterocycles. The van der Waals surface area contributed by atoms with Gasteiger partial charge in [0.2, 0.25) is 5.91 Å². The van der Waals surface area contributed by atoms with Crippen LogP contribution >= 0.6 is 15.9 Å². The van der Waals surface area contributed by atoms with Gasteiger partial charge in [0.15, 0.2) is 0 Å². The summed E-state index contributed by atoms with van der Waals surface area (Å²) in [5, 5.41) is 0. The molecule has 0 aromatic heterocycles. The summed E-state index contributed by atoms with van der Waals surface area (Å²) < 4.78 is 1.08. The number of aryl methyl sites for hydroxylation is 2. The maximum atomic E-state index is 12.4. The number of benzene rings is 1. The van der Waals surface area contributed by atoms with Crippen LogP contribution in [0.2, 0.25) is 0 Å². The fraction of sp³-hybridized carbons (Fsp3) is 0.588. The zero-order chi connectivity index (χ0) is 14.5. The number of nitrogens with two attached hydrogens (primary N) is 1. The number of primary amides is 1.